The summed E-state index contributed by atoms with van der Waals surface area (Å²) < 4.78 is 10.9. The van der Waals surface area contributed by atoms with E-state index in [1.54, 1.807) is 18.2 Å². The van der Waals surface area contributed by atoms with E-state index in [4.69, 9.17) is 9.15 Å². The monoisotopic (exact) mass is 368 g/mol. The van der Waals surface area contributed by atoms with E-state index in [1.807, 2.05) is 19.9 Å². The third-order valence-electron chi connectivity index (χ3n) is 4.11. The molecule has 0 aliphatic heterocycles. The van der Waals surface area contributed by atoms with E-state index in [1.165, 1.54) is 25.3 Å². The van der Waals surface area contributed by atoms with E-state index < -0.39 is 11.2 Å². The number of phenols is 3. The van der Waals surface area contributed by atoms with Gasteiger partial charge in [-0.25, -0.2) is 0 Å². The van der Waals surface area contributed by atoms with Gasteiger partial charge in [0, 0.05) is 11.6 Å². The van der Waals surface area contributed by atoms with E-state index in [9.17, 15) is 20.1 Å². The molecule has 6 heteroatoms. The lowest BCUT2D eigenvalue weighted by atomic mass is 10.0. The van der Waals surface area contributed by atoms with Gasteiger partial charge in [0.05, 0.1) is 12.7 Å². The molecule has 0 saturated heterocycles. The van der Waals surface area contributed by atoms with Gasteiger partial charge in [-0.3, -0.25) is 4.79 Å². The smallest absolute Gasteiger partial charge is 0.204 e. The first-order valence-corrected chi connectivity index (χ1v) is 8.40. The molecule has 0 radical (unpaired) electrons. The summed E-state index contributed by atoms with van der Waals surface area (Å²) in [6.45, 7) is 3.94. The minimum atomic E-state index is -0.474. The van der Waals surface area contributed by atoms with Crippen molar-refractivity contribution in [3.8, 4) is 34.3 Å². The van der Waals surface area contributed by atoms with E-state index >= 15 is 0 Å². The summed E-state index contributed by atoms with van der Waals surface area (Å²) in [7, 11) is 1.28. The van der Waals surface area contributed by atoms with E-state index in [-0.39, 0.29) is 45.5 Å². The minimum Gasteiger partial charge on any atom is -0.508 e. The van der Waals surface area contributed by atoms with Crippen molar-refractivity contribution in [2.24, 2.45) is 5.92 Å². The standard InChI is InChI=1S/C21H20O6/c1-11(2)4-9-14-18(24)17-16(10-15(23)21(26-3)19(17)25)27-20(14)12-5-7-13(22)8-6-12/h4-11,22-23,25H,1-3H3. The zero-order valence-corrected chi connectivity index (χ0v) is 15.2. The number of fused-ring (bicyclic) bond motifs is 1. The maximum atomic E-state index is 13.1. The molecule has 0 atom stereocenters. The molecule has 3 aromatic rings. The normalized spacial score (nSPS) is 11.6. The highest BCUT2D eigenvalue weighted by Gasteiger charge is 2.22. The lowest BCUT2D eigenvalue weighted by Crippen LogP contribution is -2.08. The van der Waals surface area contributed by atoms with Crippen LogP contribution in [-0.2, 0) is 0 Å². The topological polar surface area (TPSA) is 100 Å². The summed E-state index contributed by atoms with van der Waals surface area (Å²) in [6.07, 6.45) is 3.49. The van der Waals surface area contributed by atoms with Gasteiger partial charge >= 0.3 is 0 Å². The first kappa shape index (κ1) is 18.4. The second-order valence-corrected chi connectivity index (χ2v) is 6.47. The van der Waals surface area contributed by atoms with Crippen molar-refractivity contribution in [2.75, 3.05) is 7.11 Å². The summed E-state index contributed by atoms with van der Waals surface area (Å²) in [4.78, 5) is 13.1. The highest BCUT2D eigenvalue weighted by molar-refractivity contribution is 5.92. The van der Waals surface area contributed by atoms with Crippen LogP contribution in [0.3, 0.4) is 0 Å². The molecule has 6 nitrogen and oxygen atoms in total. The van der Waals surface area contributed by atoms with Crippen molar-refractivity contribution in [2.45, 2.75) is 13.8 Å². The first-order chi connectivity index (χ1) is 12.8. The van der Waals surface area contributed by atoms with Crippen LogP contribution in [-0.4, -0.2) is 22.4 Å². The SMILES string of the molecule is COc1c(O)cc2oc(-c3ccc(O)cc3)c(C=CC(C)C)c(=O)c2c1O. The summed E-state index contributed by atoms with van der Waals surface area (Å²) >= 11 is 0. The molecular weight excluding hydrogens is 348 g/mol. The van der Waals surface area contributed by atoms with Gasteiger partial charge in [0.25, 0.3) is 0 Å². The van der Waals surface area contributed by atoms with Crippen molar-refractivity contribution in [3.63, 3.8) is 0 Å². The van der Waals surface area contributed by atoms with E-state index in [0.29, 0.717) is 5.56 Å². The quantitative estimate of drug-likeness (QED) is 0.636. The average molecular weight is 368 g/mol. The van der Waals surface area contributed by atoms with Crippen LogP contribution in [0.25, 0.3) is 28.4 Å². The van der Waals surface area contributed by atoms with Gasteiger partial charge in [-0.1, -0.05) is 26.0 Å². The van der Waals surface area contributed by atoms with Gasteiger partial charge in [-0.05, 0) is 30.2 Å². The molecule has 0 amide bonds. The van der Waals surface area contributed by atoms with Crippen LogP contribution in [0.4, 0.5) is 0 Å². The molecule has 0 spiro atoms. The van der Waals surface area contributed by atoms with E-state index in [2.05, 4.69) is 0 Å². The Hall–Kier alpha value is -3.41. The number of hydrogen-bond donors (Lipinski definition) is 3. The number of aromatic hydroxyl groups is 3. The minimum absolute atomic E-state index is 0.0283. The van der Waals surface area contributed by atoms with Gasteiger partial charge in [0.15, 0.2) is 11.5 Å². The Bertz CT molecular complexity index is 1070. The van der Waals surface area contributed by atoms with Gasteiger partial charge < -0.3 is 24.5 Å². The molecule has 1 aromatic heterocycles. The maximum Gasteiger partial charge on any atom is 0.204 e. The largest absolute Gasteiger partial charge is 0.508 e. The van der Waals surface area contributed by atoms with Crippen molar-refractivity contribution in [1.82, 2.24) is 0 Å². The van der Waals surface area contributed by atoms with Crippen LogP contribution in [0.15, 0.2) is 45.6 Å². The van der Waals surface area contributed by atoms with Crippen molar-refractivity contribution < 1.29 is 24.5 Å². The first-order valence-electron chi connectivity index (χ1n) is 8.40. The summed E-state index contributed by atoms with van der Waals surface area (Å²) in [5.41, 5.74) is 0.405. The Labute approximate surface area is 155 Å². The summed E-state index contributed by atoms with van der Waals surface area (Å²) in [5, 5.41) is 29.9. The molecule has 1 heterocycles. The van der Waals surface area contributed by atoms with Crippen LogP contribution >= 0.6 is 0 Å². The number of allylic oxidation sites excluding steroid dienone is 1. The van der Waals surface area contributed by atoms with Crippen LogP contribution in [0.2, 0.25) is 0 Å². The molecule has 2 aromatic carbocycles. The predicted octanol–water partition coefficient (Wildman–Crippen LogP) is 4.25. The summed E-state index contributed by atoms with van der Waals surface area (Å²) in [6, 6.07) is 7.44. The molecule has 3 rings (SSSR count). The van der Waals surface area contributed by atoms with Crippen LogP contribution < -0.4 is 10.2 Å². The van der Waals surface area contributed by atoms with Gasteiger partial charge in [-0.2, -0.15) is 0 Å². The molecule has 140 valence electrons. The van der Waals surface area contributed by atoms with Gasteiger partial charge in [0.1, 0.15) is 22.5 Å². The molecule has 0 fully saturated rings. The molecule has 27 heavy (non-hydrogen) atoms. The van der Waals surface area contributed by atoms with Crippen molar-refractivity contribution in [1.29, 1.82) is 0 Å². The van der Waals surface area contributed by atoms with Crippen LogP contribution in [0.5, 0.6) is 23.0 Å². The van der Waals surface area contributed by atoms with E-state index in [0.717, 1.165) is 0 Å². The molecule has 0 aliphatic carbocycles. The summed E-state index contributed by atoms with van der Waals surface area (Å²) in [5.74, 6) is -0.457. The lowest BCUT2D eigenvalue weighted by molar-refractivity contribution is 0.346. The lowest BCUT2D eigenvalue weighted by Gasteiger charge is -2.12. The molecule has 0 unspecified atom stereocenters. The Morgan fingerprint density at radius 2 is 1.78 bits per heavy atom. The molecule has 0 saturated carbocycles. The fourth-order valence-corrected chi connectivity index (χ4v) is 2.78. The van der Waals surface area contributed by atoms with Gasteiger partial charge in [0.2, 0.25) is 11.2 Å². The van der Waals surface area contributed by atoms with Crippen molar-refractivity contribution >= 4 is 17.0 Å². The predicted molar refractivity (Wildman–Crippen MR) is 103 cm³/mol. The van der Waals surface area contributed by atoms with Crippen LogP contribution in [0, 0.1) is 5.92 Å². The Morgan fingerprint density at radius 3 is 2.37 bits per heavy atom. The number of phenolic OH excluding ortho intramolecular Hbond substituents is 3. The third kappa shape index (κ3) is 3.33. The second kappa shape index (κ2) is 7.07. The number of ether oxygens (including phenoxy) is 1. The Balaban J connectivity index is 2.41. The van der Waals surface area contributed by atoms with Gasteiger partial charge in [-0.15, -0.1) is 0 Å². The fraction of sp³-hybridized carbons (Fsp3) is 0.190. The highest BCUT2D eigenvalue weighted by atomic mass is 16.5. The van der Waals surface area contributed by atoms with Crippen molar-refractivity contribution in [3.05, 3.63) is 52.2 Å². The molecule has 0 aliphatic rings. The molecule has 0 bridgehead atoms. The zero-order chi connectivity index (χ0) is 19.7. The number of hydrogen-bond acceptors (Lipinski definition) is 6. The number of methoxy groups -OCH3 is 1. The Kier molecular flexibility index (Phi) is 4.81. The average Bonchev–Trinajstić information content (AvgIpc) is 2.61. The fourth-order valence-electron chi connectivity index (χ4n) is 2.78. The zero-order valence-electron chi connectivity index (χ0n) is 15.2. The maximum absolute atomic E-state index is 13.1. The Morgan fingerprint density at radius 1 is 1.11 bits per heavy atom. The number of rotatable bonds is 4. The van der Waals surface area contributed by atoms with Crippen LogP contribution in [0.1, 0.15) is 19.4 Å². The number of benzene rings is 2. The molecule has 3 N–H and O–H groups in total. The second-order valence-electron chi connectivity index (χ2n) is 6.47. The highest BCUT2D eigenvalue weighted by Crippen LogP contribution is 2.42. The third-order valence-corrected chi connectivity index (χ3v) is 4.11. The molecular formula is C21H20O6.